The van der Waals surface area contributed by atoms with E-state index in [-0.39, 0.29) is 6.04 Å². The summed E-state index contributed by atoms with van der Waals surface area (Å²) in [7, 11) is 1.96. The molecule has 0 aliphatic carbocycles. The van der Waals surface area contributed by atoms with E-state index in [4.69, 9.17) is 0 Å². The maximum Gasteiger partial charge on any atom is 0.0653 e. The van der Waals surface area contributed by atoms with E-state index < -0.39 is 0 Å². The maximum absolute atomic E-state index is 4.17. The lowest BCUT2D eigenvalue weighted by atomic mass is 10.2. The van der Waals surface area contributed by atoms with Crippen molar-refractivity contribution < 1.29 is 0 Å². The van der Waals surface area contributed by atoms with Gasteiger partial charge in [-0.1, -0.05) is 0 Å². The molecule has 4 heteroatoms. The van der Waals surface area contributed by atoms with Crippen LogP contribution in [-0.2, 0) is 7.05 Å². The van der Waals surface area contributed by atoms with Crippen molar-refractivity contribution in [1.29, 1.82) is 0 Å². The lowest BCUT2D eigenvalue weighted by molar-refractivity contribution is 0.676. The van der Waals surface area contributed by atoms with Crippen molar-refractivity contribution in [2.24, 2.45) is 7.05 Å². The molecule has 1 heterocycles. The molecular weight excluding hydrogens is 313 g/mol. The highest BCUT2D eigenvalue weighted by Gasteiger charge is 2.08. The molecule has 0 aliphatic heterocycles. The number of hydrogen-bond acceptors (Lipinski definition) is 2. The third-order valence-corrected chi connectivity index (χ3v) is 3.25. The summed E-state index contributed by atoms with van der Waals surface area (Å²) in [6.45, 7) is 2.13. The van der Waals surface area contributed by atoms with E-state index in [0.29, 0.717) is 0 Å². The standard InChI is InChI=1S/C12H14IN3/c1-9(12-7-8-14-16(12)2)15-11-5-3-10(13)4-6-11/h3-9,15H,1-2H3. The minimum absolute atomic E-state index is 0.257. The molecule has 1 unspecified atom stereocenters. The van der Waals surface area contributed by atoms with E-state index in [2.05, 4.69) is 64.2 Å². The molecular formula is C12H14IN3. The number of hydrogen-bond donors (Lipinski definition) is 1. The zero-order chi connectivity index (χ0) is 11.5. The van der Waals surface area contributed by atoms with Gasteiger partial charge in [0.25, 0.3) is 0 Å². The molecule has 0 fully saturated rings. The van der Waals surface area contributed by atoms with E-state index >= 15 is 0 Å². The van der Waals surface area contributed by atoms with Crippen molar-refractivity contribution >= 4 is 28.3 Å². The monoisotopic (exact) mass is 327 g/mol. The topological polar surface area (TPSA) is 29.9 Å². The number of aromatic nitrogens is 2. The summed E-state index contributed by atoms with van der Waals surface area (Å²) < 4.78 is 3.14. The van der Waals surface area contributed by atoms with Gasteiger partial charge in [-0.05, 0) is 59.8 Å². The van der Waals surface area contributed by atoms with Gasteiger partial charge in [-0.25, -0.2) is 0 Å². The minimum atomic E-state index is 0.257. The maximum atomic E-state index is 4.17. The first-order valence-corrected chi connectivity index (χ1v) is 6.24. The second-order valence-corrected chi connectivity index (χ2v) is 5.00. The van der Waals surface area contributed by atoms with Gasteiger partial charge in [0.1, 0.15) is 0 Å². The molecule has 1 aromatic heterocycles. The Kier molecular flexibility index (Phi) is 3.48. The predicted octanol–water partition coefficient (Wildman–Crippen LogP) is 3.20. The summed E-state index contributed by atoms with van der Waals surface area (Å²) in [5.74, 6) is 0. The lowest BCUT2D eigenvalue weighted by Gasteiger charge is -2.15. The molecule has 2 rings (SSSR count). The molecule has 0 amide bonds. The number of nitrogens with one attached hydrogen (secondary N) is 1. The van der Waals surface area contributed by atoms with Crippen LogP contribution >= 0.6 is 22.6 Å². The van der Waals surface area contributed by atoms with Crippen molar-refractivity contribution in [2.45, 2.75) is 13.0 Å². The molecule has 0 aliphatic rings. The SMILES string of the molecule is CC(Nc1ccc(I)cc1)c1ccnn1C. The first-order chi connectivity index (χ1) is 7.66. The Labute approximate surface area is 109 Å². The van der Waals surface area contributed by atoms with Gasteiger partial charge in [-0.15, -0.1) is 0 Å². The summed E-state index contributed by atoms with van der Waals surface area (Å²) in [5, 5.41) is 7.62. The van der Waals surface area contributed by atoms with Crippen LogP contribution in [0, 0.1) is 3.57 Å². The van der Waals surface area contributed by atoms with Gasteiger partial charge in [0, 0.05) is 22.5 Å². The van der Waals surface area contributed by atoms with Crippen molar-refractivity contribution in [3.05, 3.63) is 45.8 Å². The number of aryl methyl sites for hydroxylation is 1. The Hall–Kier alpha value is -1.04. The number of halogens is 1. The molecule has 0 spiro atoms. The van der Waals surface area contributed by atoms with Crippen molar-refractivity contribution in [3.63, 3.8) is 0 Å². The van der Waals surface area contributed by atoms with Gasteiger partial charge in [0.15, 0.2) is 0 Å². The highest BCUT2D eigenvalue weighted by atomic mass is 127. The van der Waals surface area contributed by atoms with Crippen molar-refractivity contribution in [1.82, 2.24) is 9.78 Å². The van der Waals surface area contributed by atoms with E-state index in [9.17, 15) is 0 Å². The van der Waals surface area contributed by atoms with Gasteiger partial charge in [0.2, 0.25) is 0 Å². The smallest absolute Gasteiger partial charge is 0.0653 e. The fourth-order valence-electron chi connectivity index (χ4n) is 1.68. The van der Waals surface area contributed by atoms with Crippen LogP contribution in [0.1, 0.15) is 18.7 Å². The van der Waals surface area contributed by atoms with Crippen LogP contribution in [-0.4, -0.2) is 9.78 Å². The summed E-state index contributed by atoms with van der Waals surface area (Å²) in [5.41, 5.74) is 2.31. The molecule has 1 atom stereocenters. The summed E-state index contributed by atoms with van der Waals surface area (Å²) >= 11 is 2.30. The minimum Gasteiger partial charge on any atom is -0.377 e. The van der Waals surface area contributed by atoms with E-state index in [1.54, 1.807) is 0 Å². The fraction of sp³-hybridized carbons (Fsp3) is 0.250. The van der Waals surface area contributed by atoms with Crippen molar-refractivity contribution in [2.75, 3.05) is 5.32 Å². The highest BCUT2D eigenvalue weighted by molar-refractivity contribution is 14.1. The zero-order valence-corrected chi connectivity index (χ0v) is 11.5. The number of nitrogens with zero attached hydrogens (tertiary/aromatic N) is 2. The normalized spacial score (nSPS) is 12.4. The van der Waals surface area contributed by atoms with Gasteiger partial charge in [-0.3, -0.25) is 4.68 Å². The van der Waals surface area contributed by atoms with Crippen LogP contribution in [0.4, 0.5) is 5.69 Å². The van der Waals surface area contributed by atoms with Gasteiger partial charge in [0.05, 0.1) is 11.7 Å². The Morgan fingerprint density at radius 2 is 1.94 bits per heavy atom. The molecule has 0 saturated carbocycles. The molecule has 1 N–H and O–H groups in total. The number of rotatable bonds is 3. The number of anilines is 1. The Morgan fingerprint density at radius 3 is 2.50 bits per heavy atom. The van der Waals surface area contributed by atoms with Crippen LogP contribution in [0.2, 0.25) is 0 Å². The average Bonchev–Trinajstić information content (AvgIpc) is 2.68. The zero-order valence-electron chi connectivity index (χ0n) is 9.31. The van der Waals surface area contributed by atoms with E-state index in [1.807, 2.05) is 24.0 Å². The quantitative estimate of drug-likeness (QED) is 0.878. The van der Waals surface area contributed by atoms with Crippen LogP contribution in [0.3, 0.4) is 0 Å². The molecule has 3 nitrogen and oxygen atoms in total. The molecule has 0 bridgehead atoms. The lowest BCUT2D eigenvalue weighted by Crippen LogP contribution is -2.11. The van der Waals surface area contributed by atoms with Crippen LogP contribution in [0.15, 0.2) is 36.5 Å². The average molecular weight is 327 g/mol. The molecule has 1 aromatic carbocycles. The van der Waals surface area contributed by atoms with Gasteiger partial charge in [-0.2, -0.15) is 5.10 Å². The Bertz CT molecular complexity index is 461. The van der Waals surface area contributed by atoms with Crippen LogP contribution in [0.25, 0.3) is 0 Å². The predicted molar refractivity (Wildman–Crippen MR) is 74.4 cm³/mol. The molecule has 0 radical (unpaired) electrons. The Balaban J connectivity index is 2.10. The highest BCUT2D eigenvalue weighted by Crippen LogP contribution is 2.19. The van der Waals surface area contributed by atoms with Gasteiger partial charge >= 0.3 is 0 Å². The number of benzene rings is 1. The molecule has 16 heavy (non-hydrogen) atoms. The van der Waals surface area contributed by atoms with Gasteiger partial charge < -0.3 is 5.32 Å². The second kappa shape index (κ2) is 4.86. The Morgan fingerprint density at radius 1 is 1.25 bits per heavy atom. The van der Waals surface area contributed by atoms with Crippen molar-refractivity contribution in [3.8, 4) is 0 Å². The largest absolute Gasteiger partial charge is 0.377 e. The first-order valence-electron chi connectivity index (χ1n) is 5.17. The molecule has 2 aromatic rings. The second-order valence-electron chi connectivity index (χ2n) is 3.75. The van der Waals surface area contributed by atoms with E-state index in [1.165, 1.54) is 9.26 Å². The molecule has 84 valence electrons. The summed E-state index contributed by atoms with van der Waals surface area (Å²) in [4.78, 5) is 0. The third kappa shape index (κ3) is 2.55. The first kappa shape index (κ1) is 11.4. The third-order valence-electron chi connectivity index (χ3n) is 2.53. The summed E-state index contributed by atoms with van der Waals surface area (Å²) in [6.07, 6.45) is 1.82. The van der Waals surface area contributed by atoms with Crippen LogP contribution < -0.4 is 5.32 Å². The van der Waals surface area contributed by atoms with Crippen LogP contribution in [0.5, 0.6) is 0 Å². The fourth-order valence-corrected chi connectivity index (χ4v) is 2.04. The summed E-state index contributed by atoms with van der Waals surface area (Å²) in [6, 6.07) is 10.7. The molecule has 0 saturated heterocycles. The van der Waals surface area contributed by atoms with E-state index in [0.717, 1.165) is 5.69 Å².